The van der Waals surface area contributed by atoms with Gasteiger partial charge in [0.2, 0.25) is 0 Å². The van der Waals surface area contributed by atoms with Gasteiger partial charge in [-0.05, 0) is 30.3 Å². The van der Waals surface area contributed by atoms with Crippen molar-refractivity contribution < 1.29 is 9.18 Å². The average molecular weight is 339 g/mol. The minimum Gasteiger partial charge on any atom is -0.344 e. The molecule has 4 nitrogen and oxygen atoms in total. The van der Waals surface area contributed by atoms with Crippen LogP contribution in [0.2, 0.25) is 0 Å². The Kier molecular flexibility index (Phi) is 3.54. The maximum absolute atomic E-state index is 13.7. The second kappa shape index (κ2) is 5.72. The zero-order valence-corrected chi connectivity index (χ0v) is 13.7. The van der Waals surface area contributed by atoms with E-state index in [-0.39, 0.29) is 11.7 Å². The summed E-state index contributed by atoms with van der Waals surface area (Å²) in [5, 5.41) is 3.34. The zero-order valence-electron chi connectivity index (χ0n) is 12.9. The maximum atomic E-state index is 13.7. The summed E-state index contributed by atoms with van der Waals surface area (Å²) < 4.78 is 16.5. The topological polar surface area (TPSA) is 46.9 Å². The molecule has 4 aromatic rings. The molecule has 1 N–H and O–H groups in total. The fourth-order valence-electron chi connectivity index (χ4n) is 2.74. The van der Waals surface area contributed by atoms with E-state index in [1.54, 1.807) is 12.1 Å². The molecule has 0 unspecified atom stereocenters. The van der Waals surface area contributed by atoms with Crippen molar-refractivity contribution >= 4 is 38.4 Å². The lowest BCUT2D eigenvalue weighted by atomic mass is 10.2. The highest BCUT2D eigenvalue weighted by molar-refractivity contribution is 7.20. The first kappa shape index (κ1) is 14.8. The number of benzene rings is 2. The molecule has 2 heterocycles. The molecule has 0 saturated heterocycles. The number of amides is 1. The van der Waals surface area contributed by atoms with Crippen LogP contribution < -0.4 is 5.32 Å². The molecule has 0 fully saturated rings. The van der Waals surface area contributed by atoms with Crippen molar-refractivity contribution in [1.29, 1.82) is 0 Å². The van der Waals surface area contributed by atoms with Gasteiger partial charge in [-0.15, -0.1) is 11.3 Å². The number of hydrogen-bond acceptors (Lipinski definition) is 3. The van der Waals surface area contributed by atoms with Gasteiger partial charge in [-0.2, -0.15) is 0 Å². The quantitative estimate of drug-likeness (QED) is 0.616. The minimum atomic E-state index is -0.307. The summed E-state index contributed by atoms with van der Waals surface area (Å²) in [6, 6.07) is 14.3. The lowest BCUT2D eigenvalue weighted by Crippen LogP contribution is -2.23. The van der Waals surface area contributed by atoms with Gasteiger partial charge in [-0.3, -0.25) is 4.79 Å². The van der Waals surface area contributed by atoms with Crippen LogP contribution in [-0.4, -0.2) is 15.5 Å². The second-order valence-corrected chi connectivity index (χ2v) is 6.60. The summed E-state index contributed by atoms with van der Waals surface area (Å²) >= 11 is 1.28. The van der Waals surface area contributed by atoms with Gasteiger partial charge in [0.1, 0.15) is 11.6 Å². The van der Waals surface area contributed by atoms with Gasteiger partial charge >= 0.3 is 0 Å². The van der Waals surface area contributed by atoms with Crippen LogP contribution in [0.4, 0.5) is 4.39 Å². The predicted molar refractivity (Wildman–Crippen MR) is 93.7 cm³/mol. The van der Waals surface area contributed by atoms with Gasteiger partial charge in [0.15, 0.2) is 0 Å². The smallest absolute Gasteiger partial charge is 0.261 e. The number of aryl methyl sites for hydroxylation is 1. The van der Waals surface area contributed by atoms with E-state index in [4.69, 9.17) is 0 Å². The summed E-state index contributed by atoms with van der Waals surface area (Å²) in [5.41, 5.74) is 1.92. The van der Waals surface area contributed by atoms with E-state index in [9.17, 15) is 9.18 Å². The third kappa shape index (κ3) is 2.45. The molecule has 0 bridgehead atoms. The van der Waals surface area contributed by atoms with Crippen LogP contribution in [0, 0.1) is 5.82 Å². The Morgan fingerprint density at radius 2 is 2.08 bits per heavy atom. The molecule has 0 spiro atoms. The Balaban J connectivity index is 1.56. The minimum absolute atomic E-state index is 0.220. The molecular formula is C18H14FN3OS. The van der Waals surface area contributed by atoms with E-state index in [0.29, 0.717) is 16.8 Å². The molecule has 0 radical (unpaired) electrons. The number of fused-ring (bicyclic) bond motifs is 2. The summed E-state index contributed by atoms with van der Waals surface area (Å²) in [6.45, 7) is 0.320. The number of carbonyl (C=O) groups excluding carboxylic acids is 1. The number of rotatable bonds is 3. The fraction of sp³-hybridized carbons (Fsp3) is 0.111. The lowest BCUT2D eigenvalue weighted by molar-refractivity contribution is 0.0954. The molecule has 0 saturated carbocycles. The number of halogens is 1. The van der Waals surface area contributed by atoms with Gasteiger partial charge in [0.05, 0.1) is 22.5 Å². The SMILES string of the molecule is Cn1c(CNC(=O)c2cc3c(F)cccc3s2)nc2ccccc21. The Labute approximate surface area is 141 Å². The van der Waals surface area contributed by atoms with Crippen molar-refractivity contribution in [2.75, 3.05) is 0 Å². The summed E-state index contributed by atoms with van der Waals surface area (Å²) in [4.78, 5) is 17.4. The van der Waals surface area contributed by atoms with Crippen LogP contribution in [0.15, 0.2) is 48.5 Å². The van der Waals surface area contributed by atoms with E-state index < -0.39 is 0 Å². The zero-order chi connectivity index (χ0) is 16.7. The average Bonchev–Trinajstić information content (AvgIpc) is 3.16. The molecule has 1 amide bonds. The summed E-state index contributed by atoms with van der Waals surface area (Å²) in [6.07, 6.45) is 0. The third-order valence-corrected chi connectivity index (χ3v) is 5.12. The van der Waals surface area contributed by atoms with Gasteiger partial charge < -0.3 is 9.88 Å². The molecular weight excluding hydrogens is 325 g/mol. The highest BCUT2D eigenvalue weighted by Gasteiger charge is 2.14. The number of thiophene rings is 1. The normalized spacial score (nSPS) is 11.2. The number of para-hydroxylation sites is 2. The monoisotopic (exact) mass is 339 g/mol. The largest absolute Gasteiger partial charge is 0.344 e. The number of nitrogens with one attached hydrogen (secondary N) is 1. The molecule has 0 aliphatic rings. The number of imidazole rings is 1. The van der Waals surface area contributed by atoms with Crippen LogP contribution in [-0.2, 0) is 13.6 Å². The van der Waals surface area contributed by atoms with Crippen LogP contribution in [0.5, 0.6) is 0 Å². The Bertz CT molecular complexity index is 1070. The van der Waals surface area contributed by atoms with Crippen molar-refractivity contribution in [2.24, 2.45) is 7.05 Å². The van der Waals surface area contributed by atoms with Crippen LogP contribution in [0.1, 0.15) is 15.5 Å². The predicted octanol–water partition coefficient (Wildman–Crippen LogP) is 3.86. The summed E-state index contributed by atoms with van der Waals surface area (Å²) in [7, 11) is 1.92. The van der Waals surface area contributed by atoms with Crippen LogP contribution in [0.25, 0.3) is 21.1 Å². The van der Waals surface area contributed by atoms with Crippen molar-refractivity contribution in [2.45, 2.75) is 6.54 Å². The first-order valence-electron chi connectivity index (χ1n) is 7.50. The fourth-order valence-corrected chi connectivity index (χ4v) is 3.73. The van der Waals surface area contributed by atoms with E-state index in [2.05, 4.69) is 10.3 Å². The second-order valence-electron chi connectivity index (χ2n) is 5.52. The Morgan fingerprint density at radius 3 is 2.88 bits per heavy atom. The van der Waals surface area contributed by atoms with Gasteiger partial charge in [0.25, 0.3) is 5.91 Å². The molecule has 0 aliphatic heterocycles. The molecule has 120 valence electrons. The van der Waals surface area contributed by atoms with E-state index in [1.165, 1.54) is 17.4 Å². The first-order chi connectivity index (χ1) is 11.6. The van der Waals surface area contributed by atoms with E-state index >= 15 is 0 Å². The lowest BCUT2D eigenvalue weighted by Gasteiger charge is -2.04. The number of hydrogen-bond donors (Lipinski definition) is 1. The number of aromatic nitrogens is 2. The Hall–Kier alpha value is -2.73. The van der Waals surface area contributed by atoms with Gasteiger partial charge in [-0.25, -0.2) is 9.37 Å². The van der Waals surface area contributed by atoms with Gasteiger partial charge in [-0.1, -0.05) is 18.2 Å². The van der Waals surface area contributed by atoms with Crippen LogP contribution >= 0.6 is 11.3 Å². The first-order valence-corrected chi connectivity index (χ1v) is 8.32. The highest BCUT2D eigenvalue weighted by atomic mass is 32.1. The number of nitrogens with zero attached hydrogens (tertiary/aromatic N) is 2. The molecule has 0 aliphatic carbocycles. The van der Waals surface area contributed by atoms with Crippen molar-refractivity contribution in [1.82, 2.24) is 14.9 Å². The maximum Gasteiger partial charge on any atom is 0.261 e. The van der Waals surface area contributed by atoms with E-state index in [0.717, 1.165) is 21.6 Å². The number of carbonyl (C=O) groups is 1. The summed E-state index contributed by atoms with van der Waals surface area (Å²) in [5.74, 6) is 0.248. The molecule has 0 atom stereocenters. The Morgan fingerprint density at radius 1 is 1.25 bits per heavy atom. The molecule has 24 heavy (non-hydrogen) atoms. The standard InChI is InChI=1S/C18H14FN3OS/c1-22-14-7-3-2-6-13(14)21-17(22)10-20-18(23)16-9-11-12(19)5-4-8-15(11)24-16/h2-9H,10H2,1H3,(H,20,23). The molecule has 2 aromatic carbocycles. The van der Waals surface area contributed by atoms with Crippen molar-refractivity contribution in [3.63, 3.8) is 0 Å². The van der Waals surface area contributed by atoms with Crippen LogP contribution in [0.3, 0.4) is 0 Å². The van der Waals surface area contributed by atoms with Crippen molar-refractivity contribution in [3.8, 4) is 0 Å². The third-order valence-electron chi connectivity index (χ3n) is 4.02. The molecule has 2 aromatic heterocycles. The highest BCUT2D eigenvalue weighted by Crippen LogP contribution is 2.27. The van der Waals surface area contributed by atoms with Gasteiger partial charge in [0, 0.05) is 17.1 Å². The van der Waals surface area contributed by atoms with Crippen molar-refractivity contribution in [3.05, 3.63) is 65.0 Å². The van der Waals surface area contributed by atoms with E-state index in [1.807, 2.05) is 41.9 Å². The molecule has 4 rings (SSSR count). The molecule has 6 heteroatoms.